The smallest absolute Gasteiger partial charge is 0.246 e. The van der Waals surface area contributed by atoms with E-state index >= 15 is 0 Å². The molecule has 0 radical (unpaired) electrons. The van der Waals surface area contributed by atoms with Gasteiger partial charge in [-0.3, -0.25) is 14.3 Å². The highest BCUT2D eigenvalue weighted by Crippen LogP contribution is 2.19. The molecule has 0 spiro atoms. The van der Waals surface area contributed by atoms with E-state index in [9.17, 15) is 9.59 Å². The van der Waals surface area contributed by atoms with Crippen molar-refractivity contribution in [1.82, 2.24) is 19.9 Å². The third kappa shape index (κ3) is 6.90. The van der Waals surface area contributed by atoms with Crippen LogP contribution < -0.4 is 15.4 Å². The number of carbonyl (C=O) groups excluding carboxylic acids is 2. The van der Waals surface area contributed by atoms with Gasteiger partial charge in [-0.25, -0.2) is 0 Å². The highest BCUT2D eigenvalue weighted by molar-refractivity contribution is 6.30. The number of anilines is 2. The molecule has 0 aliphatic rings. The van der Waals surface area contributed by atoms with Crippen molar-refractivity contribution in [2.45, 2.75) is 25.8 Å². The Morgan fingerprint density at radius 1 is 1.03 bits per heavy atom. The number of hydrogen-bond acceptors (Lipinski definition) is 7. The summed E-state index contributed by atoms with van der Waals surface area (Å²) in [6.45, 7) is 0.00894. The summed E-state index contributed by atoms with van der Waals surface area (Å²) in [6, 6.07) is 14.2. The summed E-state index contributed by atoms with van der Waals surface area (Å²) in [5.41, 5.74) is 1.96. The number of benzene rings is 2. The lowest BCUT2D eigenvalue weighted by molar-refractivity contribution is -0.117. The van der Waals surface area contributed by atoms with E-state index in [0.717, 1.165) is 5.56 Å². The maximum Gasteiger partial charge on any atom is 0.246 e. The van der Waals surface area contributed by atoms with E-state index in [-0.39, 0.29) is 24.8 Å². The molecule has 35 heavy (non-hydrogen) atoms. The molecule has 2 amide bonds. The van der Waals surface area contributed by atoms with Crippen molar-refractivity contribution >= 4 is 34.8 Å². The number of ether oxygens (including phenoxy) is 1. The minimum absolute atomic E-state index is 0.00894. The van der Waals surface area contributed by atoms with Crippen LogP contribution in [0.2, 0.25) is 5.02 Å². The van der Waals surface area contributed by atoms with Gasteiger partial charge in [-0.1, -0.05) is 16.8 Å². The van der Waals surface area contributed by atoms with Crippen molar-refractivity contribution in [3.63, 3.8) is 0 Å². The van der Waals surface area contributed by atoms with Crippen LogP contribution in [-0.4, -0.2) is 38.8 Å². The van der Waals surface area contributed by atoms with Crippen molar-refractivity contribution in [1.29, 1.82) is 0 Å². The number of hydrogen-bond donors (Lipinski definition) is 2. The minimum atomic E-state index is -0.242. The number of rotatable bonds is 10. The fraction of sp³-hybridized carbons (Fsp3) is 0.208. The zero-order valence-electron chi connectivity index (χ0n) is 18.9. The normalized spacial score (nSPS) is 10.7. The van der Waals surface area contributed by atoms with Crippen LogP contribution in [0.25, 0.3) is 11.4 Å². The van der Waals surface area contributed by atoms with Gasteiger partial charge in [0.05, 0.1) is 19.0 Å². The third-order valence-corrected chi connectivity index (χ3v) is 5.21. The molecular weight excluding hydrogens is 472 g/mol. The summed E-state index contributed by atoms with van der Waals surface area (Å²) >= 11 is 5.89. The highest BCUT2D eigenvalue weighted by atomic mass is 35.5. The van der Waals surface area contributed by atoms with E-state index in [2.05, 4.69) is 25.9 Å². The van der Waals surface area contributed by atoms with E-state index in [1.807, 2.05) is 12.1 Å². The number of halogens is 1. The fourth-order valence-electron chi connectivity index (χ4n) is 3.23. The molecule has 0 atom stereocenters. The van der Waals surface area contributed by atoms with E-state index in [1.165, 1.54) is 10.9 Å². The Labute approximate surface area is 206 Å². The number of carbonyl (C=O) groups is 2. The van der Waals surface area contributed by atoms with Crippen LogP contribution in [0, 0.1) is 0 Å². The molecule has 0 unspecified atom stereocenters. The molecule has 4 aromatic rings. The Morgan fingerprint density at radius 2 is 1.77 bits per heavy atom. The molecule has 0 aliphatic carbocycles. The Morgan fingerprint density at radius 3 is 2.51 bits per heavy atom. The second-order valence-electron chi connectivity index (χ2n) is 7.62. The summed E-state index contributed by atoms with van der Waals surface area (Å²) in [6.07, 6.45) is 4.37. The molecule has 4 rings (SSSR count). The van der Waals surface area contributed by atoms with Gasteiger partial charge < -0.3 is 19.9 Å². The van der Waals surface area contributed by atoms with Gasteiger partial charge in [0.25, 0.3) is 0 Å². The van der Waals surface area contributed by atoms with Gasteiger partial charge >= 0.3 is 0 Å². The van der Waals surface area contributed by atoms with Crippen LogP contribution in [0.5, 0.6) is 5.75 Å². The topological polar surface area (TPSA) is 124 Å². The monoisotopic (exact) mass is 494 g/mol. The number of amides is 2. The molecule has 10 nitrogen and oxygen atoms in total. The lowest BCUT2D eigenvalue weighted by Crippen LogP contribution is -2.19. The summed E-state index contributed by atoms with van der Waals surface area (Å²) in [5.74, 6) is 1.22. The molecule has 0 fully saturated rings. The van der Waals surface area contributed by atoms with Crippen molar-refractivity contribution in [2.75, 3.05) is 17.7 Å². The van der Waals surface area contributed by atoms with Crippen molar-refractivity contribution in [3.8, 4) is 17.1 Å². The van der Waals surface area contributed by atoms with Gasteiger partial charge in [-0.2, -0.15) is 10.1 Å². The average Bonchev–Trinajstić information content (AvgIpc) is 3.49. The number of aryl methyl sites for hydroxylation is 1. The number of nitrogens with zero attached hydrogens (tertiary/aromatic N) is 4. The van der Waals surface area contributed by atoms with Crippen molar-refractivity contribution in [3.05, 3.63) is 71.8 Å². The molecule has 0 aliphatic heterocycles. The SMILES string of the molecule is COc1ccc(NC(=O)Cn2cc(NC(=O)CCCc3nc(-c4ccc(Cl)cc4)no3)cn2)cc1. The minimum Gasteiger partial charge on any atom is -0.497 e. The van der Waals surface area contributed by atoms with Gasteiger partial charge in [0.1, 0.15) is 12.3 Å². The van der Waals surface area contributed by atoms with Gasteiger partial charge in [-0.15, -0.1) is 0 Å². The Kier molecular flexibility index (Phi) is 7.74. The number of nitrogens with one attached hydrogen (secondary N) is 2. The molecule has 0 saturated carbocycles. The van der Waals surface area contributed by atoms with E-state index in [4.69, 9.17) is 20.9 Å². The van der Waals surface area contributed by atoms with Crippen LogP contribution in [0.3, 0.4) is 0 Å². The first kappa shape index (κ1) is 24.0. The van der Waals surface area contributed by atoms with Crippen LogP contribution in [-0.2, 0) is 22.6 Å². The lowest BCUT2D eigenvalue weighted by Gasteiger charge is -2.06. The fourth-order valence-corrected chi connectivity index (χ4v) is 3.36. The zero-order valence-corrected chi connectivity index (χ0v) is 19.7. The molecule has 0 saturated heterocycles. The highest BCUT2D eigenvalue weighted by Gasteiger charge is 2.11. The molecular formula is C24H23ClN6O4. The molecule has 180 valence electrons. The Balaban J connectivity index is 1.19. The van der Waals surface area contributed by atoms with E-state index in [1.54, 1.807) is 49.7 Å². The number of methoxy groups -OCH3 is 1. The maximum atomic E-state index is 12.3. The summed E-state index contributed by atoms with van der Waals surface area (Å²) in [5, 5.41) is 14.3. The van der Waals surface area contributed by atoms with Gasteiger partial charge in [0.15, 0.2) is 0 Å². The van der Waals surface area contributed by atoms with Crippen LogP contribution in [0.1, 0.15) is 18.7 Å². The summed E-state index contributed by atoms with van der Waals surface area (Å²) in [7, 11) is 1.58. The predicted octanol–water partition coefficient (Wildman–Crippen LogP) is 4.20. The second-order valence-corrected chi connectivity index (χ2v) is 8.06. The second kappa shape index (κ2) is 11.3. The third-order valence-electron chi connectivity index (χ3n) is 4.96. The average molecular weight is 495 g/mol. The first-order chi connectivity index (χ1) is 17.0. The number of aromatic nitrogens is 4. The van der Waals surface area contributed by atoms with E-state index < -0.39 is 0 Å². The standard InChI is InChI=1S/C24H23ClN6O4/c1-34-20-11-9-18(10-12-20)27-22(33)15-31-14-19(13-26-31)28-21(32)3-2-4-23-29-24(30-35-23)16-5-7-17(25)8-6-16/h5-14H,2-4,15H2,1H3,(H,27,33)(H,28,32). The van der Waals surface area contributed by atoms with Crippen molar-refractivity contribution in [2.24, 2.45) is 0 Å². The van der Waals surface area contributed by atoms with Gasteiger partial charge in [0.2, 0.25) is 23.5 Å². The van der Waals surface area contributed by atoms with Gasteiger partial charge in [0, 0.05) is 35.3 Å². The van der Waals surface area contributed by atoms with Crippen molar-refractivity contribution < 1.29 is 18.8 Å². The van der Waals surface area contributed by atoms with Crippen LogP contribution in [0.4, 0.5) is 11.4 Å². The Hall–Kier alpha value is -4.18. The maximum absolute atomic E-state index is 12.3. The lowest BCUT2D eigenvalue weighted by atomic mass is 10.2. The zero-order chi connectivity index (χ0) is 24.6. The Bertz CT molecular complexity index is 1280. The quantitative estimate of drug-likeness (QED) is 0.338. The predicted molar refractivity (Wildman–Crippen MR) is 130 cm³/mol. The summed E-state index contributed by atoms with van der Waals surface area (Å²) in [4.78, 5) is 28.9. The molecule has 2 heterocycles. The first-order valence-electron chi connectivity index (χ1n) is 10.8. The molecule has 11 heteroatoms. The summed E-state index contributed by atoms with van der Waals surface area (Å²) < 4.78 is 11.8. The molecule has 0 bridgehead atoms. The van der Waals surface area contributed by atoms with Crippen LogP contribution in [0.15, 0.2) is 65.4 Å². The molecule has 2 aromatic carbocycles. The molecule has 2 aromatic heterocycles. The van der Waals surface area contributed by atoms with Crippen LogP contribution >= 0.6 is 11.6 Å². The van der Waals surface area contributed by atoms with Gasteiger partial charge in [-0.05, 0) is 55.0 Å². The largest absolute Gasteiger partial charge is 0.497 e. The van der Waals surface area contributed by atoms with E-state index in [0.29, 0.717) is 46.7 Å². The first-order valence-corrected chi connectivity index (χ1v) is 11.2. The molecule has 2 N–H and O–H groups in total.